The summed E-state index contributed by atoms with van der Waals surface area (Å²) in [5.41, 5.74) is 0. The first kappa shape index (κ1) is 83.6. The van der Waals surface area contributed by atoms with Gasteiger partial charge in [0.2, 0.25) is 0 Å². The van der Waals surface area contributed by atoms with Gasteiger partial charge in [0.05, 0.1) is 0 Å². The van der Waals surface area contributed by atoms with Crippen LogP contribution < -0.4 is 0 Å². The molecule has 0 aliphatic carbocycles. The quantitative estimate of drug-likeness (QED) is 0.218. The molecule has 9 heteroatoms. The van der Waals surface area contributed by atoms with E-state index in [0.29, 0.717) is 0 Å². The molecule has 4 heterocycles. The number of hydrogen-bond acceptors (Lipinski definition) is 6. The van der Waals surface area contributed by atoms with Crippen molar-refractivity contribution in [2.24, 2.45) is 0 Å². The molecule has 4 aliphatic rings. The van der Waals surface area contributed by atoms with E-state index in [4.69, 9.17) is 18.9 Å². The molecule has 6 nitrogen and oxygen atoms in total. The van der Waals surface area contributed by atoms with Crippen molar-refractivity contribution in [1.82, 2.24) is 0 Å². The van der Waals surface area contributed by atoms with Gasteiger partial charge in [-0.2, -0.15) is 0 Å². The molecule has 0 amide bonds. The minimum absolute atomic E-state index is 0. The van der Waals surface area contributed by atoms with E-state index in [0.717, 1.165) is 52.9 Å². The number of ether oxygens (including phenoxy) is 4. The Hall–Kier alpha value is 1.90. The van der Waals surface area contributed by atoms with Crippen molar-refractivity contribution >= 4 is 23.1 Å². The maximum Gasteiger partial charge on any atom is 2.00 e. The van der Waals surface area contributed by atoms with E-state index < -0.39 is 0 Å². The van der Waals surface area contributed by atoms with E-state index in [1.165, 1.54) is 51.4 Å². The van der Waals surface area contributed by atoms with Gasteiger partial charge in [0.25, 0.3) is 0 Å². The molecule has 0 atom stereocenters. The van der Waals surface area contributed by atoms with Crippen LogP contribution in [0, 0.1) is 59.4 Å². The Bertz CT molecular complexity index is 125. The molecule has 0 aromatic rings. The average molecular weight is 835 g/mol. The van der Waals surface area contributed by atoms with E-state index >= 15 is 0 Å². The number of rotatable bonds is 0. The molecule has 0 aromatic carbocycles. The van der Waals surface area contributed by atoms with Crippen LogP contribution in [0.25, 0.3) is 0 Å². The third-order valence-electron chi connectivity index (χ3n) is 3.31. The topological polar surface area (TPSA) is 96.9 Å². The Morgan fingerprint density at radius 3 is 0.394 bits per heavy atom. The van der Waals surface area contributed by atoms with Crippen LogP contribution >= 0.6 is 0 Å². The molecular formula is C24H58MgO6W2-8. The second kappa shape index (κ2) is 76.5. The Morgan fingerprint density at radius 2 is 0.364 bits per heavy atom. The normalized spacial score (nSPS) is 14.5. The SMILES string of the molecule is C1CCOC1.C1CCOC1.C1CCOC1.C1CCOC1.[CH3-].[CH3-].[CH3-].[CH3-].[CH3-].[CH3-].[CH3-].[CH3-].[Mg+2].[OH-].[OH-].[W].[W]. The van der Waals surface area contributed by atoms with Crippen molar-refractivity contribution in [1.29, 1.82) is 0 Å². The van der Waals surface area contributed by atoms with E-state index in [2.05, 4.69) is 0 Å². The maximum atomic E-state index is 4.94. The van der Waals surface area contributed by atoms with Crippen molar-refractivity contribution in [3.63, 3.8) is 0 Å². The molecule has 212 valence electrons. The predicted molar refractivity (Wildman–Crippen MR) is 141 cm³/mol. The van der Waals surface area contributed by atoms with Gasteiger partial charge >= 0.3 is 23.1 Å². The van der Waals surface area contributed by atoms with Gasteiger partial charge in [-0.05, 0) is 51.4 Å². The summed E-state index contributed by atoms with van der Waals surface area (Å²) in [5, 5.41) is 0. The van der Waals surface area contributed by atoms with Crippen molar-refractivity contribution in [3.8, 4) is 0 Å². The van der Waals surface area contributed by atoms with Crippen LogP contribution in [0.4, 0.5) is 0 Å². The third-order valence-corrected chi connectivity index (χ3v) is 3.31. The van der Waals surface area contributed by atoms with Gasteiger partial charge in [-0.15, -0.1) is 0 Å². The zero-order chi connectivity index (χ0) is 14.1. The first-order chi connectivity index (χ1) is 10.0. The van der Waals surface area contributed by atoms with Crippen molar-refractivity contribution in [2.45, 2.75) is 51.4 Å². The van der Waals surface area contributed by atoms with Crippen LogP contribution in [0.15, 0.2) is 0 Å². The molecule has 33 heavy (non-hydrogen) atoms. The van der Waals surface area contributed by atoms with Gasteiger partial charge in [0.1, 0.15) is 0 Å². The minimum atomic E-state index is 0. The monoisotopic (exact) mass is 834 g/mol. The summed E-state index contributed by atoms with van der Waals surface area (Å²) >= 11 is 0. The molecular weight excluding hydrogens is 776 g/mol. The van der Waals surface area contributed by atoms with Crippen LogP contribution in [0.1, 0.15) is 51.4 Å². The molecule has 4 fully saturated rings. The molecule has 4 aliphatic heterocycles. The molecule has 2 N–H and O–H groups in total. The Morgan fingerprint density at radius 1 is 0.273 bits per heavy atom. The van der Waals surface area contributed by atoms with Crippen LogP contribution in [-0.4, -0.2) is 86.9 Å². The average Bonchev–Trinajstić information content (AvgIpc) is 3.40. The molecule has 0 saturated carbocycles. The van der Waals surface area contributed by atoms with Crippen molar-refractivity contribution in [3.05, 3.63) is 59.4 Å². The summed E-state index contributed by atoms with van der Waals surface area (Å²) in [5.74, 6) is 0. The summed E-state index contributed by atoms with van der Waals surface area (Å²) in [6.45, 7) is 8.00. The van der Waals surface area contributed by atoms with Gasteiger partial charge in [0.15, 0.2) is 0 Å². The molecule has 0 radical (unpaired) electrons. The first-order valence-corrected chi connectivity index (χ1v) is 8.31. The molecule has 0 unspecified atom stereocenters. The van der Waals surface area contributed by atoms with Gasteiger partial charge < -0.3 is 89.3 Å². The first-order valence-electron chi connectivity index (χ1n) is 8.31. The predicted octanol–water partition coefficient (Wildman–Crippen LogP) is 6.05. The van der Waals surface area contributed by atoms with E-state index in [1.807, 2.05) is 0 Å². The molecule has 4 rings (SSSR count). The zero-order valence-corrected chi connectivity index (χ0v) is 30.6. The summed E-state index contributed by atoms with van der Waals surface area (Å²) in [4.78, 5) is 0. The summed E-state index contributed by atoms with van der Waals surface area (Å²) in [7, 11) is 0. The van der Waals surface area contributed by atoms with Crippen molar-refractivity contribution in [2.75, 3.05) is 52.9 Å². The van der Waals surface area contributed by atoms with Gasteiger partial charge in [-0.3, -0.25) is 0 Å². The molecule has 0 spiro atoms. The summed E-state index contributed by atoms with van der Waals surface area (Å²) in [6.07, 6.45) is 10.2. The second-order valence-electron chi connectivity index (χ2n) is 5.28. The maximum absolute atomic E-state index is 4.94. The molecule has 4 saturated heterocycles. The minimum Gasteiger partial charge on any atom is -0.870 e. The van der Waals surface area contributed by atoms with Crippen LogP contribution in [0.5, 0.6) is 0 Å². The summed E-state index contributed by atoms with van der Waals surface area (Å²) < 4.78 is 19.8. The second-order valence-corrected chi connectivity index (χ2v) is 5.28. The Labute approximate surface area is 257 Å². The fourth-order valence-electron chi connectivity index (χ4n) is 2.04. The summed E-state index contributed by atoms with van der Waals surface area (Å²) in [6, 6.07) is 0. The van der Waals surface area contributed by atoms with Crippen molar-refractivity contribution < 1.29 is 72.0 Å². The molecule has 0 bridgehead atoms. The largest absolute Gasteiger partial charge is 2.00 e. The fraction of sp³-hybridized carbons (Fsp3) is 0.667. The Balaban J connectivity index is -0.0000000130. The number of hydrogen-bond donors (Lipinski definition) is 0. The zero-order valence-electron chi connectivity index (χ0n) is 23.4. The van der Waals surface area contributed by atoms with E-state index in [1.54, 1.807) is 0 Å². The van der Waals surface area contributed by atoms with Crippen LogP contribution in [0.3, 0.4) is 0 Å². The van der Waals surface area contributed by atoms with Crippen LogP contribution in [-0.2, 0) is 61.1 Å². The fourth-order valence-corrected chi connectivity index (χ4v) is 2.04. The molecule has 0 aromatic heterocycles. The van der Waals surface area contributed by atoms with E-state index in [-0.39, 0.29) is 136 Å². The smallest absolute Gasteiger partial charge is 0.870 e. The van der Waals surface area contributed by atoms with E-state index in [9.17, 15) is 0 Å². The van der Waals surface area contributed by atoms with Gasteiger partial charge in [-0.1, -0.05) is 0 Å². The Kier molecular flexibility index (Phi) is 194. The third kappa shape index (κ3) is 71.9. The van der Waals surface area contributed by atoms with Gasteiger partial charge in [-0.25, -0.2) is 0 Å². The standard InChI is InChI=1S/4C4H8O.8CH3.Mg.2H2O.2W/c4*1-2-4-5-3-1;;;;;;;;;;;;;/h4*1-4H2;8*1H3;;2*1H2;;/q;;;;8*-1;+2;;;;/p-2. The van der Waals surface area contributed by atoms with Crippen LogP contribution in [0.2, 0.25) is 0 Å². The van der Waals surface area contributed by atoms with Gasteiger partial charge in [0, 0.05) is 95.0 Å².